The number of benzene rings is 2. The van der Waals surface area contributed by atoms with Crippen LogP contribution >= 0.6 is 0 Å². The molecule has 1 aliphatic rings. The molecule has 0 bridgehead atoms. The molecule has 2 aromatic carbocycles. The van der Waals surface area contributed by atoms with E-state index in [2.05, 4.69) is 5.32 Å². The lowest BCUT2D eigenvalue weighted by Gasteiger charge is -2.21. The Balaban J connectivity index is 1.60. The third-order valence-corrected chi connectivity index (χ3v) is 4.11. The maximum Gasteiger partial charge on any atom is 0.311 e. The number of rotatable bonds is 6. The van der Waals surface area contributed by atoms with Crippen LogP contribution in [-0.4, -0.2) is 30.7 Å². The number of amides is 1. The first kappa shape index (κ1) is 18.5. The molecule has 3 rings (SSSR count). The van der Waals surface area contributed by atoms with Crippen molar-refractivity contribution in [1.82, 2.24) is 5.32 Å². The number of carbonyl (C=O) groups is 1. The molecule has 0 saturated carbocycles. The van der Waals surface area contributed by atoms with Gasteiger partial charge < -0.3 is 19.5 Å². The maximum atomic E-state index is 12.2. The van der Waals surface area contributed by atoms with Gasteiger partial charge in [-0.05, 0) is 43.2 Å². The summed E-state index contributed by atoms with van der Waals surface area (Å²) in [6.07, 6.45) is 0. The second-order valence-corrected chi connectivity index (χ2v) is 6.21. The number of hydrogen-bond donors (Lipinski definition) is 1. The number of aryl methyl sites for hydroxylation is 1. The van der Waals surface area contributed by atoms with Crippen LogP contribution in [-0.2, 0) is 4.79 Å². The molecular formula is C19H20N2O6. The summed E-state index contributed by atoms with van der Waals surface area (Å²) in [5.74, 6) is 1.00. The minimum atomic E-state index is -0.530. The quantitative estimate of drug-likeness (QED) is 0.618. The number of nitro groups is 1. The molecule has 1 atom stereocenters. The molecular weight excluding hydrogens is 352 g/mol. The van der Waals surface area contributed by atoms with E-state index in [-0.39, 0.29) is 30.0 Å². The molecule has 8 nitrogen and oxygen atoms in total. The van der Waals surface area contributed by atoms with Gasteiger partial charge in [0.05, 0.1) is 11.0 Å². The SMILES string of the molecule is Cc1ccc(OCC(=O)N[C@@H](C)c2ccc3c(c2)OCCO3)c([N+](=O)[O-])c1. The van der Waals surface area contributed by atoms with Crippen LogP contribution in [0.5, 0.6) is 17.2 Å². The molecule has 1 aliphatic heterocycles. The number of fused-ring (bicyclic) bond motifs is 1. The molecule has 1 amide bonds. The van der Waals surface area contributed by atoms with Crippen molar-refractivity contribution in [1.29, 1.82) is 0 Å². The fourth-order valence-corrected chi connectivity index (χ4v) is 2.73. The van der Waals surface area contributed by atoms with Gasteiger partial charge in [-0.25, -0.2) is 0 Å². The zero-order valence-corrected chi connectivity index (χ0v) is 15.1. The number of ether oxygens (including phenoxy) is 3. The molecule has 0 aliphatic carbocycles. The van der Waals surface area contributed by atoms with Crippen LogP contribution in [0.3, 0.4) is 0 Å². The number of nitrogens with one attached hydrogen (secondary N) is 1. The van der Waals surface area contributed by atoms with Crippen molar-refractivity contribution >= 4 is 11.6 Å². The Labute approximate surface area is 156 Å². The number of nitrogens with zero attached hydrogens (tertiary/aromatic N) is 1. The van der Waals surface area contributed by atoms with E-state index in [9.17, 15) is 14.9 Å². The Morgan fingerprint density at radius 3 is 2.70 bits per heavy atom. The summed E-state index contributed by atoms with van der Waals surface area (Å²) in [7, 11) is 0. The summed E-state index contributed by atoms with van der Waals surface area (Å²) >= 11 is 0. The van der Waals surface area contributed by atoms with Gasteiger partial charge in [-0.1, -0.05) is 12.1 Å². The second kappa shape index (κ2) is 7.94. The van der Waals surface area contributed by atoms with Crippen molar-refractivity contribution < 1.29 is 23.9 Å². The van der Waals surface area contributed by atoms with Crippen LogP contribution < -0.4 is 19.5 Å². The van der Waals surface area contributed by atoms with Crippen LogP contribution in [0.1, 0.15) is 24.1 Å². The van der Waals surface area contributed by atoms with Crippen LogP contribution in [0, 0.1) is 17.0 Å². The van der Waals surface area contributed by atoms with Gasteiger partial charge in [-0.2, -0.15) is 0 Å². The highest BCUT2D eigenvalue weighted by Crippen LogP contribution is 2.32. The Hall–Kier alpha value is -3.29. The zero-order valence-electron chi connectivity index (χ0n) is 15.1. The van der Waals surface area contributed by atoms with Crippen molar-refractivity contribution in [2.75, 3.05) is 19.8 Å². The second-order valence-electron chi connectivity index (χ2n) is 6.21. The number of hydrogen-bond acceptors (Lipinski definition) is 6. The van der Waals surface area contributed by atoms with Crippen molar-refractivity contribution in [2.45, 2.75) is 19.9 Å². The van der Waals surface area contributed by atoms with Gasteiger partial charge in [0.2, 0.25) is 0 Å². The molecule has 0 radical (unpaired) electrons. The average molecular weight is 372 g/mol. The van der Waals surface area contributed by atoms with Gasteiger partial charge in [0.25, 0.3) is 5.91 Å². The molecule has 27 heavy (non-hydrogen) atoms. The highest BCUT2D eigenvalue weighted by Gasteiger charge is 2.18. The molecule has 0 fully saturated rings. The minimum Gasteiger partial charge on any atom is -0.486 e. The van der Waals surface area contributed by atoms with Gasteiger partial charge in [-0.15, -0.1) is 0 Å². The van der Waals surface area contributed by atoms with E-state index in [1.54, 1.807) is 19.1 Å². The van der Waals surface area contributed by atoms with Crippen LogP contribution in [0.2, 0.25) is 0 Å². The minimum absolute atomic E-state index is 0.0627. The Kier molecular flexibility index (Phi) is 5.44. The lowest BCUT2D eigenvalue weighted by Crippen LogP contribution is -2.31. The van der Waals surface area contributed by atoms with E-state index in [1.165, 1.54) is 12.1 Å². The van der Waals surface area contributed by atoms with Gasteiger partial charge in [0, 0.05) is 6.07 Å². The van der Waals surface area contributed by atoms with E-state index in [0.717, 1.165) is 11.1 Å². The lowest BCUT2D eigenvalue weighted by atomic mass is 10.1. The Bertz CT molecular complexity index is 867. The van der Waals surface area contributed by atoms with Crippen molar-refractivity contribution in [3.05, 3.63) is 57.6 Å². The van der Waals surface area contributed by atoms with Crippen LogP contribution in [0.4, 0.5) is 5.69 Å². The third kappa shape index (κ3) is 4.46. The number of carbonyl (C=O) groups excluding carboxylic acids is 1. The standard InChI is InChI=1S/C19H20N2O6/c1-12-3-5-16(15(9-12)21(23)24)27-11-19(22)20-13(2)14-4-6-17-18(10-14)26-8-7-25-17/h3-6,9-10,13H,7-8,11H2,1-2H3,(H,20,22)/t13-/m0/s1. The van der Waals surface area contributed by atoms with Crippen molar-refractivity contribution in [3.63, 3.8) is 0 Å². The first-order valence-corrected chi connectivity index (χ1v) is 8.51. The summed E-state index contributed by atoms with van der Waals surface area (Å²) in [4.78, 5) is 22.7. The van der Waals surface area contributed by atoms with Gasteiger partial charge in [-0.3, -0.25) is 14.9 Å². The predicted octanol–water partition coefficient (Wildman–Crippen LogP) is 2.93. The van der Waals surface area contributed by atoms with Crippen molar-refractivity contribution in [3.8, 4) is 17.2 Å². The van der Waals surface area contributed by atoms with Crippen molar-refractivity contribution in [2.24, 2.45) is 0 Å². The largest absolute Gasteiger partial charge is 0.486 e. The van der Waals surface area contributed by atoms with E-state index in [0.29, 0.717) is 24.7 Å². The molecule has 8 heteroatoms. The molecule has 1 N–H and O–H groups in total. The lowest BCUT2D eigenvalue weighted by molar-refractivity contribution is -0.385. The van der Waals surface area contributed by atoms with Crippen LogP contribution in [0.15, 0.2) is 36.4 Å². The summed E-state index contributed by atoms with van der Waals surface area (Å²) < 4.78 is 16.4. The van der Waals surface area contributed by atoms with E-state index < -0.39 is 4.92 Å². The van der Waals surface area contributed by atoms with E-state index in [4.69, 9.17) is 14.2 Å². The van der Waals surface area contributed by atoms with Gasteiger partial charge in [0.15, 0.2) is 23.9 Å². The third-order valence-electron chi connectivity index (χ3n) is 4.11. The first-order chi connectivity index (χ1) is 12.9. The molecule has 2 aromatic rings. The molecule has 0 saturated heterocycles. The van der Waals surface area contributed by atoms with Gasteiger partial charge in [0.1, 0.15) is 13.2 Å². The maximum absolute atomic E-state index is 12.2. The topological polar surface area (TPSA) is 99.9 Å². The zero-order chi connectivity index (χ0) is 19.4. The molecule has 1 heterocycles. The summed E-state index contributed by atoms with van der Waals surface area (Å²) in [5, 5.41) is 13.9. The molecule has 0 unspecified atom stereocenters. The highest BCUT2D eigenvalue weighted by molar-refractivity contribution is 5.78. The normalized spacial score (nSPS) is 13.6. The first-order valence-electron chi connectivity index (χ1n) is 8.51. The fourth-order valence-electron chi connectivity index (χ4n) is 2.73. The Morgan fingerprint density at radius 1 is 1.22 bits per heavy atom. The summed E-state index contributed by atoms with van der Waals surface area (Å²) in [5.41, 5.74) is 1.43. The number of nitro benzene ring substituents is 1. The smallest absolute Gasteiger partial charge is 0.311 e. The van der Waals surface area contributed by atoms with E-state index in [1.807, 2.05) is 19.1 Å². The fraction of sp³-hybridized carbons (Fsp3) is 0.316. The summed E-state index contributed by atoms with van der Waals surface area (Å²) in [6, 6.07) is 9.78. The average Bonchev–Trinajstić information content (AvgIpc) is 2.66. The van der Waals surface area contributed by atoms with Crippen LogP contribution in [0.25, 0.3) is 0 Å². The molecule has 0 spiro atoms. The molecule has 142 valence electrons. The molecule has 0 aromatic heterocycles. The van der Waals surface area contributed by atoms with E-state index >= 15 is 0 Å². The Morgan fingerprint density at radius 2 is 1.96 bits per heavy atom. The summed E-state index contributed by atoms with van der Waals surface area (Å²) in [6.45, 7) is 4.26. The monoisotopic (exact) mass is 372 g/mol. The predicted molar refractivity (Wildman–Crippen MR) is 97.3 cm³/mol. The van der Waals surface area contributed by atoms with Gasteiger partial charge >= 0.3 is 5.69 Å². The highest BCUT2D eigenvalue weighted by atomic mass is 16.6.